The molecule has 5 heteroatoms. The van der Waals surface area contributed by atoms with E-state index in [1.54, 1.807) is 30.6 Å². The first-order valence-corrected chi connectivity index (χ1v) is 5.76. The molecule has 4 nitrogen and oxygen atoms in total. The van der Waals surface area contributed by atoms with Crippen LogP contribution in [0, 0.1) is 6.92 Å². The van der Waals surface area contributed by atoms with Crippen LogP contribution in [0.3, 0.4) is 0 Å². The van der Waals surface area contributed by atoms with E-state index in [4.69, 9.17) is 5.73 Å². The van der Waals surface area contributed by atoms with Gasteiger partial charge in [-0.2, -0.15) is 0 Å². The summed E-state index contributed by atoms with van der Waals surface area (Å²) in [4.78, 5) is 20.2. The van der Waals surface area contributed by atoms with Crippen LogP contribution < -0.4 is 5.73 Å². The molecule has 0 radical (unpaired) electrons. The number of hydrogen-bond donors (Lipinski definition) is 1. The second kappa shape index (κ2) is 4.63. The molecule has 0 aliphatic carbocycles. The molecular formula is C12H10BrN3O. The first kappa shape index (κ1) is 11.7. The van der Waals surface area contributed by atoms with E-state index in [9.17, 15) is 4.79 Å². The largest absolute Gasteiger partial charge is 0.383 e. The zero-order chi connectivity index (χ0) is 12.4. The Balaban J connectivity index is 2.47. The van der Waals surface area contributed by atoms with Gasteiger partial charge in [0, 0.05) is 16.9 Å². The van der Waals surface area contributed by atoms with Crippen LogP contribution in [0.1, 0.15) is 21.6 Å². The number of carbonyl (C=O) groups excluding carboxylic acids is 1. The molecule has 2 N–H and O–H groups in total. The number of aromatic nitrogens is 2. The first-order valence-electron chi connectivity index (χ1n) is 4.97. The van der Waals surface area contributed by atoms with Crippen molar-refractivity contribution in [3.05, 3.63) is 51.9 Å². The Hall–Kier alpha value is -1.75. The van der Waals surface area contributed by atoms with Gasteiger partial charge in [-0.05, 0) is 46.6 Å². The summed E-state index contributed by atoms with van der Waals surface area (Å²) in [6.45, 7) is 1.82. The van der Waals surface area contributed by atoms with E-state index in [0.717, 1.165) is 10.0 Å². The van der Waals surface area contributed by atoms with E-state index >= 15 is 0 Å². The SMILES string of the molecule is Cc1ccnc(N)c1C(=O)c1ccc(Br)cn1. The molecule has 0 fully saturated rings. The molecular weight excluding hydrogens is 282 g/mol. The van der Waals surface area contributed by atoms with Gasteiger partial charge in [0.2, 0.25) is 5.78 Å². The molecule has 0 aliphatic heterocycles. The third kappa shape index (κ3) is 2.34. The summed E-state index contributed by atoms with van der Waals surface area (Å²) in [6, 6.07) is 5.17. The maximum absolute atomic E-state index is 12.2. The lowest BCUT2D eigenvalue weighted by Crippen LogP contribution is -2.10. The molecule has 0 atom stereocenters. The summed E-state index contributed by atoms with van der Waals surface area (Å²) in [7, 11) is 0. The highest BCUT2D eigenvalue weighted by Gasteiger charge is 2.16. The fraction of sp³-hybridized carbons (Fsp3) is 0.0833. The zero-order valence-electron chi connectivity index (χ0n) is 9.14. The van der Waals surface area contributed by atoms with E-state index in [1.165, 1.54) is 0 Å². The van der Waals surface area contributed by atoms with Crippen LogP contribution in [0.5, 0.6) is 0 Å². The number of ketones is 1. The Morgan fingerprint density at radius 1 is 1.29 bits per heavy atom. The zero-order valence-corrected chi connectivity index (χ0v) is 10.7. The number of halogens is 1. The van der Waals surface area contributed by atoms with Crippen molar-refractivity contribution in [1.29, 1.82) is 0 Å². The van der Waals surface area contributed by atoms with Crippen LogP contribution >= 0.6 is 15.9 Å². The molecule has 0 spiro atoms. The maximum atomic E-state index is 12.2. The summed E-state index contributed by atoms with van der Waals surface area (Å²) in [5.41, 5.74) is 7.30. The van der Waals surface area contributed by atoms with Crippen molar-refractivity contribution in [2.45, 2.75) is 6.92 Å². The van der Waals surface area contributed by atoms with Crippen molar-refractivity contribution in [2.75, 3.05) is 5.73 Å². The predicted octanol–water partition coefficient (Wildman–Crippen LogP) is 2.36. The minimum atomic E-state index is -0.208. The topological polar surface area (TPSA) is 68.9 Å². The molecule has 0 saturated carbocycles. The summed E-state index contributed by atoms with van der Waals surface area (Å²) >= 11 is 3.27. The monoisotopic (exact) mass is 291 g/mol. The van der Waals surface area contributed by atoms with Gasteiger partial charge in [0.1, 0.15) is 11.5 Å². The van der Waals surface area contributed by atoms with Crippen LogP contribution in [0.15, 0.2) is 35.1 Å². The lowest BCUT2D eigenvalue weighted by atomic mass is 10.0. The fourth-order valence-corrected chi connectivity index (χ4v) is 1.75. The molecule has 17 heavy (non-hydrogen) atoms. The fourth-order valence-electron chi connectivity index (χ4n) is 1.51. The number of anilines is 1. The van der Waals surface area contributed by atoms with Crippen molar-refractivity contribution in [2.24, 2.45) is 0 Å². The minimum absolute atomic E-state index is 0.208. The van der Waals surface area contributed by atoms with Crippen molar-refractivity contribution in [3.63, 3.8) is 0 Å². The van der Waals surface area contributed by atoms with Crippen LogP contribution in [0.4, 0.5) is 5.82 Å². The molecule has 86 valence electrons. The van der Waals surface area contributed by atoms with E-state index in [2.05, 4.69) is 25.9 Å². The molecule has 0 aliphatic rings. The molecule has 0 aromatic carbocycles. The van der Waals surface area contributed by atoms with Gasteiger partial charge in [0.25, 0.3) is 0 Å². The van der Waals surface area contributed by atoms with Gasteiger partial charge >= 0.3 is 0 Å². The predicted molar refractivity (Wildman–Crippen MR) is 68.8 cm³/mol. The van der Waals surface area contributed by atoms with Gasteiger partial charge in [-0.15, -0.1) is 0 Å². The molecule has 0 amide bonds. The molecule has 2 aromatic rings. The average molecular weight is 292 g/mol. The minimum Gasteiger partial charge on any atom is -0.383 e. The molecule has 0 bridgehead atoms. The van der Waals surface area contributed by atoms with Gasteiger partial charge < -0.3 is 5.73 Å². The molecule has 2 aromatic heterocycles. The summed E-state index contributed by atoms with van der Waals surface area (Å²) in [5.74, 6) is 0.0281. The Bertz CT molecular complexity index is 546. The number of pyridine rings is 2. The second-order valence-corrected chi connectivity index (χ2v) is 4.49. The van der Waals surface area contributed by atoms with Gasteiger partial charge in [0.05, 0.1) is 5.56 Å². The van der Waals surface area contributed by atoms with Crippen LogP contribution in [-0.4, -0.2) is 15.8 Å². The molecule has 0 saturated heterocycles. The quantitative estimate of drug-likeness (QED) is 0.863. The smallest absolute Gasteiger partial charge is 0.215 e. The molecule has 2 heterocycles. The van der Waals surface area contributed by atoms with Crippen molar-refractivity contribution >= 4 is 27.5 Å². The Morgan fingerprint density at radius 3 is 2.65 bits per heavy atom. The third-order valence-electron chi connectivity index (χ3n) is 2.38. The van der Waals surface area contributed by atoms with Crippen molar-refractivity contribution in [3.8, 4) is 0 Å². The van der Waals surface area contributed by atoms with Gasteiger partial charge in [0.15, 0.2) is 0 Å². The Kier molecular flexibility index (Phi) is 3.19. The number of nitrogens with two attached hydrogens (primary N) is 1. The van der Waals surface area contributed by atoms with Gasteiger partial charge in [-0.3, -0.25) is 9.78 Å². The standard InChI is InChI=1S/C12H10BrN3O/c1-7-4-5-15-12(14)10(7)11(17)9-3-2-8(13)6-16-9/h2-6H,1H3,(H2,14,15). The normalized spacial score (nSPS) is 10.2. The number of carbonyl (C=O) groups is 1. The lowest BCUT2D eigenvalue weighted by molar-refractivity contribution is 0.103. The van der Waals surface area contributed by atoms with Gasteiger partial charge in [-0.1, -0.05) is 0 Å². The number of aryl methyl sites for hydroxylation is 1. The highest BCUT2D eigenvalue weighted by atomic mass is 79.9. The third-order valence-corrected chi connectivity index (χ3v) is 2.84. The summed E-state index contributed by atoms with van der Waals surface area (Å²) in [6.07, 6.45) is 3.16. The van der Waals surface area contributed by atoms with Crippen molar-refractivity contribution in [1.82, 2.24) is 9.97 Å². The van der Waals surface area contributed by atoms with Crippen LogP contribution in [0.2, 0.25) is 0 Å². The number of hydrogen-bond acceptors (Lipinski definition) is 4. The number of nitrogens with zero attached hydrogens (tertiary/aromatic N) is 2. The van der Waals surface area contributed by atoms with Crippen LogP contribution in [0.25, 0.3) is 0 Å². The second-order valence-electron chi connectivity index (χ2n) is 3.58. The van der Waals surface area contributed by atoms with Crippen molar-refractivity contribution < 1.29 is 4.79 Å². The Labute approximate surface area is 107 Å². The maximum Gasteiger partial charge on any atom is 0.215 e. The first-order chi connectivity index (χ1) is 8.09. The summed E-state index contributed by atoms with van der Waals surface area (Å²) < 4.78 is 0.824. The highest BCUT2D eigenvalue weighted by molar-refractivity contribution is 9.10. The molecule has 2 rings (SSSR count). The number of rotatable bonds is 2. The van der Waals surface area contributed by atoms with E-state index in [-0.39, 0.29) is 11.6 Å². The number of nitrogen functional groups attached to an aromatic ring is 1. The highest BCUT2D eigenvalue weighted by Crippen LogP contribution is 2.18. The van der Waals surface area contributed by atoms with Gasteiger partial charge in [-0.25, -0.2) is 4.98 Å². The van der Waals surface area contributed by atoms with E-state index in [1.807, 2.05) is 6.92 Å². The van der Waals surface area contributed by atoms with E-state index in [0.29, 0.717) is 11.3 Å². The lowest BCUT2D eigenvalue weighted by Gasteiger charge is -2.06. The molecule has 0 unspecified atom stereocenters. The summed E-state index contributed by atoms with van der Waals surface area (Å²) in [5, 5.41) is 0. The Morgan fingerprint density at radius 2 is 2.06 bits per heavy atom. The van der Waals surface area contributed by atoms with E-state index < -0.39 is 0 Å². The average Bonchev–Trinajstić information content (AvgIpc) is 2.29. The van der Waals surface area contributed by atoms with Crippen LogP contribution in [-0.2, 0) is 0 Å².